The monoisotopic (exact) mass is 424 g/mol. The van der Waals surface area contributed by atoms with Gasteiger partial charge in [-0.15, -0.1) is 0 Å². The zero-order valence-corrected chi connectivity index (χ0v) is 18.0. The Morgan fingerprint density at radius 3 is 2.50 bits per heavy atom. The summed E-state index contributed by atoms with van der Waals surface area (Å²) in [5.41, 5.74) is 3.79. The van der Waals surface area contributed by atoms with Gasteiger partial charge in [-0.1, -0.05) is 25.1 Å². The molecule has 1 N–H and O–H groups in total. The Morgan fingerprint density at radius 2 is 1.83 bits per heavy atom. The number of aryl methyl sites for hydroxylation is 2. The zero-order valence-electron chi connectivity index (χ0n) is 17.2. The molecule has 3 rings (SSSR count). The molecule has 1 heterocycles. The first-order valence-corrected chi connectivity index (χ1v) is 10.5. The largest absolute Gasteiger partial charge is 0.484 e. The van der Waals surface area contributed by atoms with Gasteiger partial charge >= 0.3 is 0 Å². The summed E-state index contributed by atoms with van der Waals surface area (Å²) in [5, 5.41) is 2.58. The Morgan fingerprint density at radius 1 is 1.10 bits per heavy atom. The average Bonchev–Trinajstić information content (AvgIpc) is 2.98. The number of imide groups is 1. The Labute approximate surface area is 180 Å². The summed E-state index contributed by atoms with van der Waals surface area (Å²) in [6, 6.07) is 12.8. The van der Waals surface area contributed by atoms with Crippen LogP contribution in [-0.2, 0) is 9.59 Å². The van der Waals surface area contributed by atoms with Gasteiger partial charge in [0, 0.05) is 12.2 Å². The fourth-order valence-corrected chi connectivity index (χ4v) is 3.76. The maximum absolute atomic E-state index is 12.3. The molecule has 0 bridgehead atoms. The van der Waals surface area contributed by atoms with Crippen LogP contribution in [0.5, 0.6) is 5.75 Å². The molecular formula is C23H24N2O4S. The standard InChI is InChI=1S/C23H24N2O4S/c1-4-11-25-22(27)20(30-23(25)28)13-17-6-9-19(10-7-17)29-14-21(26)24-18-8-5-15(2)16(3)12-18/h5-10,12-13H,4,11,14H2,1-3H3,(H,24,26)/b20-13-. The number of hydrogen-bond acceptors (Lipinski definition) is 5. The van der Waals surface area contributed by atoms with Crippen molar-refractivity contribution in [2.24, 2.45) is 0 Å². The van der Waals surface area contributed by atoms with Crippen LogP contribution in [0.2, 0.25) is 0 Å². The normalized spacial score (nSPS) is 15.0. The quantitative estimate of drug-likeness (QED) is 0.648. The van der Waals surface area contributed by atoms with Crippen LogP contribution >= 0.6 is 11.8 Å². The molecule has 6 nitrogen and oxygen atoms in total. The maximum Gasteiger partial charge on any atom is 0.293 e. The van der Waals surface area contributed by atoms with E-state index >= 15 is 0 Å². The lowest BCUT2D eigenvalue weighted by atomic mass is 10.1. The van der Waals surface area contributed by atoms with Crippen LogP contribution in [0.4, 0.5) is 10.5 Å². The molecule has 0 unspecified atom stereocenters. The second-order valence-electron chi connectivity index (χ2n) is 7.04. The first-order chi connectivity index (χ1) is 14.4. The van der Waals surface area contributed by atoms with Crippen molar-refractivity contribution in [2.45, 2.75) is 27.2 Å². The minimum atomic E-state index is -0.254. The van der Waals surface area contributed by atoms with E-state index in [9.17, 15) is 14.4 Å². The number of amides is 3. The summed E-state index contributed by atoms with van der Waals surface area (Å²) < 4.78 is 5.54. The van der Waals surface area contributed by atoms with Crippen LogP contribution in [0.1, 0.15) is 30.0 Å². The van der Waals surface area contributed by atoms with E-state index in [-0.39, 0.29) is 23.7 Å². The average molecular weight is 425 g/mol. The van der Waals surface area contributed by atoms with E-state index < -0.39 is 0 Å². The van der Waals surface area contributed by atoms with E-state index in [0.29, 0.717) is 17.2 Å². The number of thioether (sulfide) groups is 1. The number of rotatable bonds is 7. The maximum atomic E-state index is 12.3. The molecule has 1 fully saturated rings. The molecule has 0 radical (unpaired) electrons. The zero-order chi connectivity index (χ0) is 21.7. The fourth-order valence-electron chi connectivity index (χ4n) is 2.89. The molecule has 0 atom stereocenters. The lowest BCUT2D eigenvalue weighted by Gasteiger charge is -2.10. The van der Waals surface area contributed by atoms with Crippen molar-refractivity contribution in [3.63, 3.8) is 0 Å². The van der Waals surface area contributed by atoms with Crippen LogP contribution in [0.25, 0.3) is 6.08 Å². The Bertz CT molecular complexity index is 999. The molecule has 0 aromatic heterocycles. The molecule has 0 saturated carbocycles. The van der Waals surface area contributed by atoms with Gasteiger partial charge in [0.15, 0.2) is 6.61 Å². The smallest absolute Gasteiger partial charge is 0.293 e. The molecule has 0 aliphatic carbocycles. The summed E-state index contributed by atoms with van der Waals surface area (Å²) in [6.45, 7) is 6.26. The molecule has 3 amide bonds. The van der Waals surface area contributed by atoms with Crippen LogP contribution in [-0.4, -0.2) is 35.1 Å². The van der Waals surface area contributed by atoms with E-state index in [1.165, 1.54) is 10.5 Å². The molecule has 1 aliphatic rings. The molecular weight excluding hydrogens is 400 g/mol. The highest BCUT2D eigenvalue weighted by atomic mass is 32.2. The second kappa shape index (κ2) is 9.63. The van der Waals surface area contributed by atoms with Crippen molar-refractivity contribution in [1.82, 2.24) is 4.90 Å². The van der Waals surface area contributed by atoms with Crippen LogP contribution in [0.3, 0.4) is 0 Å². The molecule has 156 valence electrons. The first-order valence-electron chi connectivity index (χ1n) is 9.72. The highest BCUT2D eigenvalue weighted by Crippen LogP contribution is 2.32. The predicted molar refractivity (Wildman–Crippen MR) is 119 cm³/mol. The van der Waals surface area contributed by atoms with Gasteiger partial charge in [-0.3, -0.25) is 19.3 Å². The van der Waals surface area contributed by atoms with Crippen molar-refractivity contribution in [3.05, 3.63) is 64.1 Å². The highest BCUT2D eigenvalue weighted by Gasteiger charge is 2.34. The van der Waals surface area contributed by atoms with E-state index in [1.54, 1.807) is 30.3 Å². The van der Waals surface area contributed by atoms with Gasteiger partial charge in [0.05, 0.1) is 4.91 Å². The van der Waals surface area contributed by atoms with Crippen LogP contribution < -0.4 is 10.1 Å². The number of benzene rings is 2. The predicted octanol–water partition coefficient (Wildman–Crippen LogP) is 4.77. The number of anilines is 1. The summed E-state index contributed by atoms with van der Waals surface area (Å²) in [5.74, 6) is 0.0450. The van der Waals surface area contributed by atoms with Gasteiger partial charge in [0.25, 0.3) is 17.1 Å². The van der Waals surface area contributed by atoms with Gasteiger partial charge in [0.2, 0.25) is 0 Å². The molecule has 0 spiro atoms. The molecule has 2 aromatic rings. The number of nitrogens with zero attached hydrogens (tertiary/aromatic N) is 1. The van der Waals surface area contributed by atoms with Gasteiger partial charge < -0.3 is 10.1 Å². The molecule has 7 heteroatoms. The van der Waals surface area contributed by atoms with E-state index in [0.717, 1.165) is 35.0 Å². The number of carbonyl (C=O) groups excluding carboxylic acids is 3. The third kappa shape index (κ3) is 5.30. The Balaban J connectivity index is 1.55. The van der Waals surface area contributed by atoms with Gasteiger partial charge in [-0.05, 0) is 79.1 Å². The Hall–Kier alpha value is -3.06. The van der Waals surface area contributed by atoms with Crippen molar-refractivity contribution in [1.29, 1.82) is 0 Å². The lowest BCUT2D eigenvalue weighted by Crippen LogP contribution is -2.28. The number of hydrogen-bond donors (Lipinski definition) is 1. The summed E-state index contributed by atoms with van der Waals surface area (Å²) >= 11 is 0.952. The topological polar surface area (TPSA) is 75.7 Å². The third-order valence-corrected chi connectivity index (χ3v) is 5.57. The van der Waals surface area contributed by atoms with Crippen molar-refractivity contribution >= 4 is 40.6 Å². The molecule has 30 heavy (non-hydrogen) atoms. The third-order valence-electron chi connectivity index (χ3n) is 4.66. The van der Waals surface area contributed by atoms with Crippen molar-refractivity contribution < 1.29 is 19.1 Å². The van der Waals surface area contributed by atoms with Gasteiger partial charge in [-0.25, -0.2) is 0 Å². The number of carbonyl (C=O) groups is 3. The highest BCUT2D eigenvalue weighted by molar-refractivity contribution is 8.18. The first kappa shape index (κ1) is 21.6. The minimum Gasteiger partial charge on any atom is -0.484 e. The summed E-state index contributed by atoms with van der Waals surface area (Å²) in [6.07, 6.45) is 2.42. The van der Waals surface area contributed by atoms with Crippen molar-refractivity contribution in [2.75, 3.05) is 18.5 Å². The van der Waals surface area contributed by atoms with Crippen LogP contribution in [0, 0.1) is 13.8 Å². The fraction of sp³-hybridized carbons (Fsp3) is 0.261. The van der Waals surface area contributed by atoms with E-state index in [2.05, 4.69) is 5.32 Å². The second-order valence-corrected chi connectivity index (χ2v) is 8.03. The van der Waals surface area contributed by atoms with Crippen molar-refractivity contribution in [3.8, 4) is 5.75 Å². The molecule has 2 aromatic carbocycles. The van der Waals surface area contributed by atoms with E-state index in [1.807, 2.05) is 39.0 Å². The Kier molecular flexibility index (Phi) is 6.95. The number of ether oxygens (including phenoxy) is 1. The molecule has 1 aliphatic heterocycles. The summed E-state index contributed by atoms with van der Waals surface area (Å²) in [7, 11) is 0. The SMILES string of the molecule is CCCN1C(=O)S/C(=C\c2ccc(OCC(=O)Nc3ccc(C)c(C)c3)cc2)C1=O. The minimum absolute atomic E-state index is 0.109. The van der Waals surface area contributed by atoms with Gasteiger partial charge in [0.1, 0.15) is 5.75 Å². The van der Waals surface area contributed by atoms with Gasteiger partial charge in [-0.2, -0.15) is 0 Å². The number of nitrogens with one attached hydrogen (secondary N) is 1. The lowest BCUT2D eigenvalue weighted by molar-refractivity contribution is -0.122. The van der Waals surface area contributed by atoms with E-state index in [4.69, 9.17) is 4.74 Å². The molecule has 1 saturated heterocycles. The van der Waals surface area contributed by atoms with Crippen LogP contribution in [0.15, 0.2) is 47.4 Å². The summed E-state index contributed by atoms with van der Waals surface area (Å²) in [4.78, 5) is 38.0.